The number of aromatic nitrogens is 3. The second kappa shape index (κ2) is 10.2. The Morgan fingerprint density at radius 3 is 2.44 bits per heavy atom. The van der Waals surface area contributed by atoms with Crippen molar-refractivity contribution in [2.24, 2.45) is 0 Å². The Bertz CT molecular complexity index is 1430. The van der Waals surface area contributed by atoms with E-state index in [4.69, 9.17) is 4.74 Å². The van der Waals surface area contributed by atoms with Crippen LogP contribution < -0.4 is 14.8 Å². The standard InChI is InChI=1S/C23H19F4N5O3S/c24-17-7-4-15(5-8-17)13-35-20-11-16(6-9-18(20)32-36(33,34)14-23(25,26)27)19-12-22(31-30-19)29-21-3-1-2-10-28-21/h1-12,32H,13-14H2,(H2,28,29,30,31). The molecule has 0 unspecified atom stereocenters. The van der Waals surface area contributed by atoms with Crippen molar-refractivity contribution in [1.82, 2.24) is 15.2 Å². The molecule has 2 aromatic carbocycles. The van der Waals surface area contributed by atoms with Gasteiger partial charge in [0.2, 0.25) is 10.0 Å². The molecule has 2 heterocycles. The first kappa shape index (κ1) is 25.0. The molecule has 0 saturated carbocycles. The molecule has 0 aliphatic carbocycles. The quantitative estimate of drug-likeness (QED) is 0.260. The molecule has 0 radical (unpaired) electrons. The van der Waals surface area contributed by atoms with Gasteiger partial charge in [-0.3, -0.25) is 9.82 Å². The van der Waals surface area contributed by atoms with E-state index in [2.05, 4.69) is 20.5 Å². The maximum atomic E-state index is 13.2. The van der Waals surface area contributed by atoms with Gasteiger partial charge in [0.25, 0.3) is 0 Å². The minimum Gasteiger partial charge on any atom is -0.487 e. The van der Waals surface area contributed by atoms with Crippen LogP contribution in [0.5, 0.6) is 5.75 Å². The molecule has 4 aromatic rings. The van der Waals surface area contributed by atoms with Crippen molar-refractivity contribution in [3.8, 4) is 17.0 Å². The van der Waals surface area contributed by atoms with Crippen LogP contribution in [0.25, 0.3) is 11.3 Å². The van der Waals surface area contributed by atoms with Crippen LogP contribution in [-0.2, 0) is 16.6 Å². The van der Waals surface area contributed by atoms with Gasteiger partial charge in [-0.25, -0.2) is 17.8 Å². The summed E-state index contributed by atoms with van der Waals surface area (Å²) in [7, 11) is -4.75. The Hall–Kier alpha value is -4.13. The van der Waals surface area contributed by atoms with Crippen molar-refractivity contribution in [1.29, 1.82) is 0 Å². The number of anilines is 3. The summed E-state index contributed by atoms with van der Waals surface area (Å²) >= 11 is 0. The normalized spacial score (nSPS) is 11.8. The molecule has 3 N–H and O–H groups in total. The van der Waals surface area contributed by atoms with Crippen LogP contribution in [0.4, 0.5) is 34.9 Å². The summed E-state index contributed by atoms with van der Waals surface area (Å²) in [4.78, 5) is 4.15. The number of ether oxygens (including phenoxy) is 1. The molecule has 0 saturated heterocycles. The Morgan fingerprint density at radius 2 is 1.75 bits per heavy atom. The number of nitrogens with one attached hydrogen (secondary N) is 3. The molecule has 4 rings (SSSR count). The number of hydrogen-bond donors (Lipinski definition) is 3. The molecule has 0 atom stereocenters. The fourth-order valence-corrected chi connectivity index (χ4v) is 4.16. The lowest BCUT2D eigenvalue weighted by Crippen LogP contribution is -2.28. The van der Waals surface area contributed by atoms with Gasteiger partial charge in [-0.05, 0) is 42.0 Å². The van der Waals surface area contributed by atoms with Gasteiger partial charge in [0, 0.05) is 17.8 Å². The van der Waals surface area contributed by atoms with Crippen LogP contribution in [0, 0.1) is 5.82 Å². The number of alkyl halides is 3. The Morgan fingerprint density at radius 1 is 0.972 bits per heavy atom. The van der Waals surface area contributed by atoms with Crippen LogP contribution in [-0.4, -0.2) is 35.5 Å². The summed E-state index contributed by atoms with van der Waals surface area (Å²) in [5.74, 6) is -1.52. The highest BCUT2D eigenvalue weighted by molar-refractivity contribution is 7.92. The molecule has 36 heavy (non-hydrogen) atoms. The third kappa shape index (κ3) is 6.95. The van der Waals surface area contributed by atoms with Gasteiger partial charge in [-0.15, -0.1) is 0 Å². The van der Waals surface area contributed by atoms with Crippen LogP contribution in [0.3, 0.4) is 0 Å². The first-order valence-electron chi connectivity index (χ1n) is 10.4. The summed E-state index contributed by atoms with van der Waals surface area (Å²) < 4.78 is 83.0. The molecule has 0 aliphatic rings. The predicted molar refractivity (Wildman–Crippen MR) is 126 cm³/mol. The first-order chi connectivity index (χ1) is 17.1. The second-order valence-corrected chi connectivity index (χ2v) is 9.33. The molecule has 0 fully saturated rings. The number of hydrogen-bond acceptors (Lipinski definition) is 6. The number of sulfonamides is 1. The van der Waals surface area contributed by atoms with E-state index < -0.39 is 27.8 Å². The largest absolute Gasteiger partial charge is 0.487 e. The molecule has 0 spiro atoms. The first-order valence-corrected chi connectivity index (χ1v) is 12.0. The van der Waals surface area contributed by atoms with E-state index in [1.54, 1.807) is 30.5 Å². The summed E-state index contributed by atoms with van der Waals surface area (Å²) in [6, 6.07) is 16.6. The van der Waals surface area contributed by atoms with Crippen LogP contribution in [0.15, 0.2) is 72.9 Å². The zero-order valence-electron chi connectivity index (χ0n) is 18.4. The molecular formula is C23H19F4N5O3S. The molecular weight excluding hydrogens is 502 g/mol. The van der Waals surface area contributed by atoms with Crippen LogP contribution in [0.2, 0.25) is 0 Å². The van der Waals surface area contributed by atoms with Gasteiger partial charge in [0.05, 0.1) is 11.4 Å². The lowest BCUT2D eigenvalue weighted by molar-refractivity contribution is -0.106. The van der Waals surface area contributed by atoms with Gasteiger partial charge in [-0.1, -0.05) is 24.3 Å². The maximum absolute atomic E-state index is 13.2. The van der Waals surface area contributed by atoms with E-state index in [-0.39, 0.29) is 18.0 Å². The van der Waals surface area contributed by atoms with Crippen molar-refractivity contribution in [3.63, 3.8) is 0 Å². The molecule has 0 amide bonds. The summed E-state index contributed by atoms with van der Waals surface area (Å²) in [5, 5.41) is 9.99. The van der Waals surface area contributed by atoms with Crippen molar-refractivity contribution in [2.45, 2.75) is 12.8 Å². The Balaban J connectivity index is 1.60. The highest BCUT2D eigenvalue weighted by Gasteiger charge is 2.35. The van der Waals surface area contributed by atoms with E-state index in [1.165, 1.54) is 42.5 Å². The zero-order chi connectivity index (χ0) is 25.8. The number of aromatic amines is 1. The van der Waals surface area contributed by atoms with E-state index in [0.29, 0.717) is 28.5 Å². The number of rotatable bonds is 9. The van der Waals surface area contributed by atoms with Gasteiger partial charge in [-0.2, -0.15) is 18.3 Å². The number of pyridine rings is 1. The van der Waals surface area contributed by atoms with Crippen molar-refractivity contribution < 1.29 is 30.7 Å². The Kier molecular flexibility index (Phi) is 7.10. The summed E-state index contributed by atoms with van der Waals surface area (Å²) in [6.45, 7) is -0.0901. The predicted octanol–water partition coefficient (Wildman–Crippen LogP) is 5.24. The summed E-state index contributed by atoms with van der Waals surface area (Å²) in [6.07, 6.45) is -3.31. The number of nitrogens with zero attached hydrogens (tertiary/aromatic N) is 2. The molecule has 8 nitrogen and oxygen atoms in total. The maximum Gasteiger partial charge on any atom is 0.404 e. The molecule has 13 heteroatoms. The number of halogens is 4. The monoisotopic (exact) mass is 521 g/mol. The van der Waals surface area contributed by atoms with Crippen molar-refractivity contribution in [3.05, 3.63) is 84.3 Å². The third-order valence-electron chi connectivity index (χ3n) is 4.72. The molecule has 2 aromatic heterocycles. The van der Waals surface area contributed by atoms with E-state index in [9.17, 15) is 26.0 Å². The SMILES string of the molecule is O=S(=O)(CC(F)(F)F)Nc1ccc(-c2cc(Nc3ccccn3)n[nH]2)cc1OCc1ccc(F)cc1. The topological polar surface area (TPSA) is 109 Å². The molecule has 188 valence electrons. The average Bonchev–Trinajstić information content (AvgIpc) is 3.27. The lowest BCUT2D eigenvalue weighted by atomic mass is 10.1. The molecule has 0 bridgehead atoms. The highest BCUT2D eigenvalue weighted by atomic mass is 32.2. The van der Waals surface area contributed by atoms with E-state index in [1.807, 2.05) is 4.72 Å². The van der Waals surface area contributed by atoms with Crippen LogP contribution in [0.1, 0.15) is 5.56 Å². The van der Waals surface area contributed by atoms with E-state index in [0.717, 1.165) is 0 Å². The smallest absolute Gasteiger partial charge is 0.404 e. The van der Waals surface area contributed by atoms with Gasteiger partial charge < -0.3 is 10.1 Å². The van der Waals surface area contributed by atoms with Gasteiger partial charge in [0.1, 0.15) is 24.0 Å². The third-order valence-corrected chi connectivity index (χ3v) is 5.96. The Labute approximate surface area is 203 Å². The highest BCUT2D eigenvalue weighted by Crippen LogP contribution is 2.33. The van der Waals surface area contributed by atoms with Crippen LogP contribution >= 0.6 is 0 Å². The van der Waals surface area contributed by atoms with E-state index >= 15 is 0 Å². The lowest BCUT2D eigenvalue weighted by Gasteiger charge is -2.16. The second-order valence-electron chi connectivity index (χ2n) is 7.61. The molecule has 0 aliphatic heterocycles. The zero-order valence-corrected chi connectivity index (χ0v) is 19.2. The minimum absolute atomic E-state index is 0.0311. The fraction of sp³-hybridized carbons (Fsp3) is 0.130. The fourth-order valence-electron chi connectivity index (χ4n) is 3.16. The number of H-pyrrole nitrogens is 1. The minimum atomic E-state index is -4.92. The summed E-state index contributed by atoms with van der Waals surface area (Å²) in [5.41, 5.74) is 1.42. The van der Waals surface area contributed by atoms with Gasteiger partial charge in [0.15, 0.2) is 11.6 Å². The van der Waals surface area contributed by atoms with Crippen molar-refractivity contribution >= 4 is 27.3 Å². The van der Waals surface area contributed by atoms with Gasteiger partial charge >= 0.3 is 6.18 Å². The average molecular weight is 521 g/mol. The van der Waals surface area contributed by atoms with Crippen molar-refractivity contribution in [2.75, 3.05) is 15.8 Å². The number of benzene rings is 2.